The van der Waals surface area contributed by atoms with Crippen molar-refractivity contribution in [3.63, 3.8) is 0 Å². The van der Waals surface area contributed by atoms with Crippen LogP contribution in [0.1, 0.15) is 22.3 Å². The van der Waals surface area contributed by atoms with Gasteiger partial charge in [-0.2, -0.15) is 0 Å². The predicted molar refractivity (Wildman–Crippen MR) is 241 cm³/mol. The zero-order valence-electron chi connectivity index (χ0n) is 31.6. The Hall–Kier alpha value is -7.62. The van der Waals surface area contributed by atoms with Gasteiger partial charge in [0.1, 0.15) is 11.2 Å². The fraction of sp³-hybridized carbons (Fsp3) is 0.0182. The Morgan fingerprint density at radius 3 is 1.50 bits per heavy atom. The SMILES string of the molecule is c1ccc(C(c2ccccc2)(c2ccccc2)c2ccc3c4ccccc4n(-c4ccc5c(c4)c4ccccc4n5-c4cccc5oc6ccccc6c45)c3c2)cc1. The topological polar surface area (TPSA) is 23.0 Å². The van der Waals surface area contributed by atoms with E-state index in [0.29, 0.717) is 0 Å². The maximum Gasteiger partial charge on any atom is 0.137 e. The molecule has 0 atom stereocenters. The summed E-state index contributed by atoms with van der Waals surface area (Å²) < 4.78 is 11.2. The van der Waals surface area contributed by atoms with E-state index in [4.69, 9.17) is 4.42 Å². The normalized spacial score (nSPS) is 12.1. The lowest BCUT2D eigenvalue weighted by molar-refractivity contribution is 0.669. The van der Waals surface area contributed by atoms with Gasteiger partial charge in [0.25, 0.3) is 0 Å². The van der Waals surface area contributed by atoms with E-state index in [1.165, 1.54) is 54.8 Å². The summed E-state index contributed by atoms with van der Waals surface area (Å²) in [6.07, 6.45) is 0. The number of hydrogen-bond donors (Lipinski definition) is 0. The molecule has 0 radical (unpaired) electrons. The van der Waals surface area contributed by atoms with E-state index in [9.17, 15) is 0 Å². The van der Waals surface area contributed by atoms with Crippen molar-refractivity contribution in [3.05, 3.63) is 241 Å². The van der Waals surface area contributed by atoms with Gasteiger partial charge in [0, 0.05) is 32.6 Å². The smallest absolute Gasteiger partial charge is 0.137 e. The van der Waals surface area contributed by atoms with Crippen molar-refractivity contribution < 1.29 is 4.42 Å². The highest BCUT2D eigenvalue weighted by atomic mass is 16.3. The van der Waals surface area contributed by atoms with E-state index in [1.807, 2.05) is 6.07 Å². The van der Waals surface area contributed by atoms with Crippen LogP contribution in [-0.2, 0) is 5.41 Å². The molecule has 3 heterocycles. The van der Waals surface area contributed by atoms with Gasteiger partial charge in [-0.25, -0.2) is 0 Å². The van der Waals surface area contributed by atoms with Gasteiger partial charge in [-0.15, -0.1) is 0 Å². The number of benzene rings is 9. The Balaban J connectivity index is 1.15. The van der Waals surface area contributed by atoms with E-state index in [0.717, 1.165) is 44.3 Å². The first kappa shape index (κ1) is 32.6. The average Bonchev–Trinajstić information content (AvgIpc) is 3.95. The number of para-hydroxylation sites is 3. The molecule has 0 fully saturated rings. The Labute approximate surface area is 335 Å². The minimum Gasteiger partial charge on any atom is -0.456 e. The van der Waals surface area contributed by atoms with Crippen molar-refractivity contribution in [2.75, 3.05) is 0 Å². The molecule has 3 heteroatoms. The largest absolute Gasteiger partial charge is 0.456 e. The number of rotatable bonds is 6. The van der Waals surface area contributed by atoms with Crippen molar-refractivity contribution in [1.82, 2.24) is 9.13 Å². The molecule has 0 bridgehead atoms. The number of hydrogen-bond acceptors (Lipinski definition) is 1. The molecule has 3 nitrogen and oxygen atoms in total. The molecule has 0 spiro atoms. The van der Waals surface area contributed by atoms with Crippen molar-refractivity contribution in [3.8, 4) is 11.4 Å². The summed E-state index contributed by atoms with van der Waals surface area (Å²) in [4.78, 5) is 0. The summed E-state index contributed by atoms with van der Waals surface area (Å²) in [5, 5.41) is 7.11. The fourth-order valence-electron chi connectivity index (χ4n) is 9.85. The van der Waals surface area contributed by atoms with Gasteiger partial charge in [0.15, 0.2) is 0 Å². The monoisotopic (exact) mass is 740 g/mol. The molecule has 12 rings (SSSR count). The number of fused-ring (bicyclic) bond motifs is 9. The molecule has 0 aliphatic heterocycles. The summed E-state index contributed by atoms with van der Waals surface area (Å²) in [6.45, 7) is 0. The second-order valence-electron chi connectivity index (χ2n) is 15.2. The van der Waals surface area contributed by atoms with Crippen LogP contribution >= 0.6 is 0 Å². The molecule has 0 unspecified atom stereocenters. The van der Waals surface area contributed by atoms with Gasteiger partial charge in [0.2, 0.25) is 0 Å². The number of aromatic nitrogens is 2. The van der Waals surface area contributed by atoms with Crippen LogP contribution in [0.2, 0.25) is 0 Å². The van der Waals surface area contributed by atoms with Crippen LogP contribution in [-0.4, -0.2) is 9.13 Å². The number of nitrogens with zero attached hydrogens (tertiary/aromatic N) is 2. The zero-order chi connectivity index (χ0) is 38.2. The first-order valence-corrected chi connectivity index (χ1v) is 19.9. The molecule has 0 saturated heterocycles. The highest BCUT2D eigenvalue weighted by Gasteiger charge is 2.38. The van der Waals surface area contributed by atoms with Crippen molar-refractivity contribution in [2.45, 2.75) is 5.41 Å². The van der Waals surface area contributed by atoms with E-state index < -0.39 is 5.41 Å². The molecular formula is C55H36N2O. The molecule has 0 aliphatic carbocycles. The van der Waals surface area contributed by atoms with Gasteiger partial charge in [-0.1, -0.05) is 164 Å². The second kappa shape index (κ2) is 12.7. The van der Waals surface area contributed by atoms with Crippen molar-refractivity contribution in [2.24, 2.45) is 0 Å². The van der Waals surface area contributed by atoms with Crippen LogP contribution in [0.15, 0.2) is 223 Å². The molecule has 0 aliphatic rings. The molecule has 12 aromatic rings. The van der Waals surface area contributed by atoms with Gasteiger partial charge in [-0.05, 0) is 76.9 Å². The van der Waals surface area contributed by atoms with Crippen LogP contribution in [0.25, 0.3) is 76.9 Å². The van der Waals surface area contributed by atoms with E-state index in [-0.39, 0.29) is 0 Å². The summed E-state index contributed by atoms with van der Waals surface area (Å²) in [7, 11) is 0. The third kappa shape index (κ3) is 4.62. The van der Waals surface area contributed by atoms with Crippen LogP contribution < -0.4 is 0 Å². The highest BCUT2D eigenvalue weighted by molar-refractivity contribution is 6.15. The highest BCUT2D eigenvalue weighted by Crippen LogP contribution is 2.47. The van der Waals surface area contributed by atoms with E-state index in [2.05, 4.69) is 221 Å². The molecule has 0 saturated carbocycles. The maximum absolute atomic E-state index is 6.37. The van der Waals surface area contributed by atoms with Crippen LogP contribution in [0.3, 0.4) is 0 Å². The summed E-state index contributed by atoms with van der Waals surface area (Å²) >= 11 is 0. The van der Waals surface area contributed by atoms with E-state index in [1.54, 1.807) is 0 Å². The van der Waals surface area contributed by atoms with Crippen LogP contribution in [0, 0.1) is 0 Å². The van der Waals surface area contributed by atoms with E-state index >= 15 is 0 Å². The third-order valence-electron chi connectivity index (χ3n) is 12.3. The average molecular weight is 741 g/mol. The second-order valence-corrected chi connectivity index (χ2v) is 15.2. The Morgan fingerprint density at radius 1 is 0.310 bits per heavy atom. The molecule has 272 valence electrons. The van der Waals surface area contributed by atoms with Crippen molar-refractivity contribution >= 4 is 65.6 Å². The minimum atomic E-state index is -0.561. The van der Waals surface area contributed by atoms with Gasteiger partial charge in [-0.3, -0.25) is 0 Å². The van der Waals surface area contributed by atoms with Crippen LogP contribution in [0.4, 0.5) is 0 Å². The maximum atomic E-state index is 6.37. The minimum absolute atomic E-state index is 0.561. The standard InChI is InChI=1S/C55H36N2O/c1-4-17-37(18-5-1)55(38-19-6-2-7-20-38,39-21-8-3-9-22-39)40-31-33-44-42-23-10-13-26-47(42)56(51(44)35-40)41-32-34-49-46(36-41)43-24-11-14-27-48(43)57(49)50-28-16-30-53-54(50)45-25-12-15-29-52(45)58-53/h1-36H. The van der Waals surface area contributed by atoms with Gasteiger partial charge < -0.3 is 13.6 Å². The van der Waals surface area contributed by atoms with Gasteiger partial charge >= 0.3 is 0 Å². The third-order valence-corrected chi connectivity index (χ3v) is 12.3. The molecular weight excluding hydrogens is 705 g/mol. The van der Waals surface area contributed by atoms with Gasteiger partial charge in [0.05, 0.1) is 38.6 Å². The van der Waals surface area contributed by atoms with Crippen LogP contribution in [0.5, 0.6) is 0 Å². The summed E-state index contributed by atoms with van der Waals surface area (Å²) in [5.41, 5.74) is 13.0. The number of furan rings is 1. The summed E-state index contributed by atoms with van der Waals surface area (Å²) in [6, 6.07) is 79.4. The Bertz CT molecular complexity index is 3400. The Morgan fingerprint density at radius 2 is 0.828 bits per heavy atom. The Kier molecular flexibility index (Phi) is 7.14. The molecule has 0 N–H and O–H groups in total. The lowest BCUT2D eigenvalue weighted by atomic mass is 9.65. The first-order valence-electron chi connectivity index (χ1n) is 19.9. The van der Waals surface area contributed by atoms with Crippen molar-refractivity contribution in [1.29, 1.82) is 0 Å². The summed E-state index contributed by atoms with van der Waals surface area (Å²) in [5.74, 6) is 0. The quantitative estimate of drug-likeness (QED) is 0.156. The first-order chi connectivity index (χ1) is 28.8. The predicted octanol–water partition coefficient (Wildman–Crippen LogP) is 14.2. The molecule has 0 amide bonds. The molecule has 58 heavy (non-hydrogen) atoms. The molecule has 9 aromatic carbocycles. The zero-order valence-corrected chi connectivity index (χ0v) is 31.6. The lowest BCUT2D eigenvalue weighted by Crippen LogP contribution is -2.31. The fourth-order valence-corrected chi connectivity index (χ4v) is 9.85. The lowest BCUT2D eigenvalue weighted by Gasteiger charge is -2.37. The molecule has 3 aromatic heterocycles.